The van der Waals surface area contributed by atoms with Crippen LogP contribution < -0.4 is 16.0 Å². The van der Waals surface area contributed by atoms with E-state index in [2.05, 4.69) is 37.6 Å². The fourth-order valence-electron chi connectivity index (χ4n) is 3.84. The van der Waals surface area contributed by atoms with Gasteiger partial charge in [0.25, 0.3) is 5.91 Å². The van der Waals surface area contributed by atoms with Crippen LogP contribution in [0.25, 0.3) is 0 Å². The molecule has 0 unspecified atom stereocenters. The number of guanidine groups is 1. The number of carbonyl (C=O) groups is 1. The first-order valence-electron chi connectivity index (χ1n) is 11.5. The molecule has 0 spiro atoms. The van der Waals surface area contributed by atoms with E-state index in [1.807, 2.05) is 24.3 Å². The Kier molecular flexibility index (Phi) is 11.5. The van der Waals surface area contributed by atoms with Gasteiger partial charge in [-0.05, 0) is 50.3 Å². The molecule has 1 amide bonds. The molecule has 176 valence electrons. The Morgan fingerprint density at radius 2 is 2.03 bits per heavy atom. The fourth-order valence-corrected chi connectivity index (χ4v) is 3.84. The Morgan fingerprint density at radius 1 is 1.16 bits per heavy atom. The van der Waals surface area contributed by atoms with Gasteiger partial charge in [-0.15, -0.1) is 34.2 Å². The van der Waals surface area contributed by atoms with E-state index in [4.69, 9.17) is 4.99 Å². The zero-order chi connectivity index (χ0) is 21.9. The zero-order valence-corrected chi connectivity index (χ0v) is 21.5. The van der Waals surface area contributed by atoms with E-state index < -0.39 is 0 Å². The molecule has 2 heterocycles. The number of amides is 1. The molecule has 0 saturated heterocycles. The molecule has 0 radical (unpaired) electrons. The van der Waals surface area contributed by atoms with Gasteiger partial charge in [-0.2, -0.15) is 0 Å². The number of rotatable bonds is 9. The predicted octanol–water partition coefficient (Wildman–Crippen LogP) is 2.71. The highest BCUT2D eigenvalue weighted by atomic mass is 127. The van der Waals surface area contributed by atoms with Gasteiger partial charge in [0.1, 0.15) is 11.6 Å². The molecule has 32 heavy (non-hydrogen) atoms. The molecule has 3 N–H and O–H groups in total. The van der Waals surface area contributed by atoms with Crippen LogP contribution in [0.15, 0.2) is 29.3 Å². The first-order chi connectivity index (χ1) is 15.2. The molecule has 0 fully saturated rings. The van der Waals surface area contributed by atoms with Crippen molar-refractivity contribution in [2.24, 2.45) is 4.99 Å². The minimum atomic E-state index is -0.0609. The summed E-state index contributed by atoms with van der Waals surface area (Å²) in [5.74, 6) is 3.01. The average molecular weight is 553 g/mol. The highest BCUT2D eigenvalue weighted by molar-refractivity contribution is 14.0. The molecule has 1 aliphatic rings. The van der Waals surface area contributed by atoms with E-state index >= 15 is 0 Å². The lowest BCUT2D eigenvalue weighted by molar-refractivity contribution is 0.0963. The van der Waals surface area contributed by atoms with Crippen LogP contribution in [0.1, 0.15) is 60.2 Å². The Balaban J connectivity index is 0.00000363. The van der Waals surface area contributed by atoms with Crippen molar-refractivity contribution >= 4 is 35.8 Å². The van der Waals surface area contributed by atoms with E-state index in [-0.39, 0.29) is 29.9 Å². The van der Waals surface area contributed by atoms with Crippen molar-refractivity contribution in [3.63, 3.8) is 0 Å². The first kappa shape index (κ1) is 26.1. The molecule has 0 atom stereocenters. The lowest BCUT2D eigenvalue weighted by Crippen LogP contribution is -2.38. The smallest absolute Gasteiger partial charge is 0.251 e. The molecular formula is C23H36IN7O. The van der Waals surface area contributed by atoms with Crippen molar-refractivity contribution in [2.75, 3.05) is 26.7 Å². The quantitative estimate of drug-likeness (QED) is 0.192. The lowest BCUT2D eigenvalue weighted by atomic mass is 10.1. The summed E-state index contributed by atoms with van der Waals surface area (Å²) in [6.45, 7) is 5.42. The Bertz CT molecular complexity index is 881. The number of aromatic nitrogens is 3. The van der Waals surface area contributed by atoms with Crippen molar-refractivity contribution in [3.8, 4) is 0 Å². The van der Waals surface area contributed by atoms with Crippen molar-refractivity contribution < 1.29 is 4.79 Å². The monoisotopic (exact) mass is 553 g/mol. The molecule has 1 aromatic heterocycles. The maximum atomic E-state index is 11.8. The molecule has 0 aliphatic carbocycles. The van der Waals surface area contributed by atoms with E-state index in [0.717, 1.165) is 75.0 Å². The van der Waals surface area contributed by atoms with Crippen LogP contribution in [0.5, 0.6) is 0 Å². The van der Waals surface area contributed by atoms with Gasteiger partial charge in [0.2, 0.25) is 0 Å². The van der Waals surface area contributed by atoms with Crippen molar-refractivity contribution in [2.45, 2.75) is 58.4 Å². The van der Waals surface area contributed by atoms with Gasteiger partial charge < -0.3 is 20.5 Å². The van der Waals surface area contributed by atoms with Gasteiger partial charge in [-0.25, -0.2) is 0 Å². The number of nitrogens with zero attached hydrogens (tertiary/aromatic N) is 4. The lowest BCUT2D eigenvalue weighted by Gasteiger charge is -2.12. The second kappa shape index (κ2) is 14.1. The molecule has 8 nitrogen and oxygen atoms in total. The Labute approximate surface area is 208 Å². The molecule has 9 heteroatoms. The summed E-state index contributed by atoms with van der Waals surface area (Å²) < 4.78 is 2.31. The second-order valence-electron chi connectivity index (χ2n) is 7.82. The van der Waals surface area contributed by atoms with E-state index in [0.29, 0.717) is 5.56 Å². The number of nitrogens with one attached hydrogen (secondary N) is 3. The highest BCUT2D eigenvalue weighted by Gasteiger charge is 2.14. The van der Waals surface area contributed by atoms with Crippen molar-refractivity contribution in [1.29, 1.82) is 0 Å². The largest absolute Gasteiger partial charge is 0.357 e. The second-order valence-corrected chi connectivity index (χ2v) is 7.82. The van der Waals surface area contributed by atoms with Crippen molar-refractivity contribution in [1.82, 2.24) is 30.7 Å². The summed E-state index contributed by atoms with van der Waals surface area (Å²) in [6, 6.07) is 7.73. The minimum Gasteiger partial charge on any atom is -0.357 e. The van der Waals surface area contributed by atoms with E-state index in [9.17, 15) is 4.79 Å². The third-order valence-electron chi connectivity index (χ3n) is 5.48. The van der Waals surface area contributed by atoms with Gasteiger partial charge in [0.15, 0.2) is 5.96 Å². The van der Waals surface area contributed by atoms with Crippen LogP contribution >= 0.6 is 24.0 Å². The Hall–Kier alpha value is -2.17. The first-order valence-corrected chi connectivity index (χ1v) is 11.5. The van der Waals surface area contributed by atoms with E-state index in [1.165, 1.54) is 19.3 Å². The zero-order valence-electron chi connectivity index (χ0n) is 19.2. The molecule has 1 aromatic carbocycles. The molecule has 0 saturated carbocycles. The van der Waals surface area contributed by atoms with Crippen LogP contribution in [0.3, 0.4) is 0 Å². The van der Waals surface area contributed by atoms with Gasteiger partial charge in [0.05, 0.1) is 0 Å². The predicted molar refractivity (Wildman–Crippen MR) is 139 cm³/mol. The van der Waals surface area contributed by atoms with Crippen LogP contribution in [0.2, 0.25) is 0 Å². The van der Waals surface area contributed by atoms with Crippen LogP contribution in [0, 0.1) is 0 Å². The van der Waals surface area contributed by atoms with Crippen LogP contribution in [0.4, 0.5) is 0 Å². The summed E-state index contributed by atoms with van der Waals surface area (Å²) in [6.07, 6.45) is 7.44. The molecule has 0 bridgehead atoms. The van der Waals surface area contributed by atoms with Gasteiger partial charge in [-0.1, -0.05) is 18.6 Å². The number of fused-ring (bicyclic) bond motifs is 1. The van der Waals surface area contributed by atoms with E-state index in [1.54, 1.807) is 7.05 Å². The SMILES string of the molecule is CCNC(=NCCCc1nnc2n1CCCCC2)NCCc1cccc(C(=O)NC)c1.I. The summed E-state index contributed by atoms with van der Waals surface area (Å²) in [5.41, 5.74) is 1.81. The topological polar surface area (TPSA) is 96.2 Å². The third kappa shape index (κ3) is 7.75. The number of carbonyl (C=O) groups excluding carboxylic acids is 1. The number of halogens is 1. The highest BCUT2D eigenvalue weighted by Crippen LogP contribution is 2.15. The van der Waals surface area contributed by atoms with Crippen molar-refractivity contribution in [3.05, 3.63) is 47.0 Å². The summed E-state index contributed by atoms with van der Waals surface area (Å²) in [5, 5.41) is 18.1. The third-order valence-corrected chi connectivity index (χ3v) is 5.48. The number of benzene rings is 1. The van der Waals surface area contributed by atoms with Gasteiger partial charge >= 0.3 is 0 Å². The number of hydrogen-bond acceptors (Lipinski definition) is 4. The number of aryl methyl sites for hydroxylation is 2. The van der Waals surface area contributed by atoms with Crippen LogP contribution in [-0.4, -0.2) is 53.3 Å². The standard InChI is InChI=1S/C23H35N7O.HI/c1-3-25-23(27-15-13-18-9-7-10-19(17-18)22(31)24-2)26-14-8-12-21-29-28-20-11-5-4-6-16-30(20)21;/h7,9-10,17H,3-6,8,11-16H2,1-2H3,(H,24,31)(H2,25,26,27);1H. The number of aliphatic imine (C=N–C) groups is 1. The molecular weight excluding hydrogens is 517 g/mol. The van der Waals surface area contributed by atoms with Crippen LogP contribution in [-0.2, 0) is 25.8 Å². The number of hydrogen-bond donors (Lipinski definition) is 3. The Morgan fingerprint density at radius 3 is 2.84 bits per heavy atom. The average Bonchev–Trinajstić information content (AvgIpc) is 3.01. The maximum absolute atomic E-state index is 11.8. The summed E-state index contributed by atoms with van der Waals surface area (Å²) >= 11 is 0. The summed E-state index contributed by atoms with van der Waals surface area (Å²) in [4.78, 5) is 16.5. The van der Waals surface area contributed by atoms with Gasteiger partial charge in [0, 0.05) is 51.6 Å². The molecule has 3 rings (SSSR count). The summed E-state index contributed by atoms with van der Waals surface area (Å²) in [7, 11) is 1.65. The molecule has 1 aliphatic heterocycles. The normalized spacial score (nSPS) is 13.5. The maximum Gasteiger partial charge on any atom is 0.251 e. The fraction of sp³-hybridized carbons (Fsp3) is 0.565. The molecule has 2 aromatic rings. The minimum absolute atomic E-state index is 0. The van der Waals surface area contributed by atoms with Gasteiger partial charge in [-0.3, -0.25) is 9.79 Å².